The minimum absolute atomic E-state index is 0.277. The monoisotopic (exact) mass is 366 g/mol. The van der Waals surface area contributed by atoms with E-state index in [0.29, 0.717) is 5.69 Å². The highest BCUT2D eigenvalue weighted by Gasteiger charge is 2.15. The van der Waals surface area contributed by atoms with E-state index < -0.39 is 10.0 Å². The number of anilines is 1. The van der Waals surface area contributed by atoms with Gasteiger partial charge in [0.15, 0.2) is 0 Å². The molecule has 3 aromatic rings. The SMILES string of the molecule is Cc1ccc(S(=O)(=O)Nc2cccc(CCc3ccccn3)c2)cc1C. The molecule has 0 bridgehead atoms. The molecule has 1 N–H and O–H groups in total. The number of nitrogens with one attached hydrogen (secondary N) is 1. The van der Waals surface area contributed by atoms with Crippen molar-refractivity contribution >= 4 is 15.7 Å². The summed E-state index contributed by atoms with van der Waals surface area (Å²) < 4.78 is 27.9. The Morgan fingerprint density at radius 1 is 0.885 bits per heavy atom. The molecule has 0 unspecified atom stereocenters. The summed E-state index contributed by atoms with van der Waals surface area (Å²) in [6, 6.07) is 18.5. The molecule has 0 aliphatic heterocycles. The Hall–Kier alpha value is -2.66. The van der Waals surface area contributed by atoms with Gasteiger partial charge in [-0.15, -0.1) is 0 Å². The first kappa shape index (κ1) is 18.1. The molecule has 0 fully saturated rings. The molecule has 0 aliphatic carbocycles. The Bertz CT molecular complexity index is 1000. The summed E-state index contributed by atoms with van der Waals surface area (Å²) in [5.41, 5.74) is 4.68. The van der Waals surface area contributed by atoms with Crippen molar-refractivity contribution < 1.29 is 8.42 Å². The fraction of sp³-hybridized carbons (Fsp3) is 0.190. The van der Waals surface area contributed by atoms with Crippen molar-refractivity contribution in [2.24, 2.45) is 0 Å². The molecule has 134 valence electrons. The van der Waals surface area contributed by atoms with Gasteiger partial charge in [-0.3, -0.25) is 9.71 Å². The van der Waals surface area contributed by atoms with Crippen LogP contribution < -0.4 is 4.72 Å². The molecule has 0 saturated carbocycles. The molecular formula is C21H22N2O2S. The zero-order chi connectivity index (χ0) is 18.6. The van der Waals surface area contributed by atoms with E-state index in [-0.39, 0.29) is 4.90 Å². The lowest BCUT2D eigenvalue weighted by Gasteiger charge is -2.11. The highest BCUT2D eigenvalue weighted by molar-refractivity contribution is 7.92. The summed E-state index contributed by atoms with van der Waals surface area (Å²) >= 11 is 0. The highest BCUT2D eigenvalue weighted by Crippen LogP contribution is 2.20. The number of sulfonamides is 1. The van der Waals surface area contributed by atoms with Crippen molar-refractivity contribution in [3.05, 3.63) is 89.2 Å². The molecule has 1 heterocycles. The van der Waals surface area contributed by atoms with Gasteiger partial charge in [0.25, 0.3) is 10.0 Å². The molecule has 0 aliphatic rings. The van der Waals surface area contributed by atoms with Crippen molar-refractivity contribution in [3.8, 4) is 0 Å². The van der Waals surface area contributed by atoms with E-state index in [4.69, 9.17) is 0 Å². The van der Waals surface area contributed by atoms with Crippen LogP contribution in [0, 0.1) is 13.8 Å². The molecule has 0 atom stereocenters. The van der Waals surface area contributed by atoms with Gasteiger partial charge in [0.1, 0.15) is 0 Å². The predicted octanol–water partition coefficient (Wildman–Crippen LogP) is 4.28. The first-order valence-corrected chi connectivity index (χ1v) is 10.0. The Morgan fingerprint density at radius 2 is 1.73 bits per heavy atom. The lowest BCUT2D eigenvalue weighted by molar-refractivity contribution is 0.601. The van der Waals surface area contributed by atoms with Gasteiger partial charge in [0.2, 0.25) is 0 Å². The van der Waals surface area contributed by atoms with E-state index >= 15 is 0 Å². The standard InChI is InChI=1S/C21H22N2O2S/c1-16-9-12-21(14-17(16)2)26(24,25)23-20-8-5-6-18(15-20)10-11-19-7-3-4-13-22-19/h3-9,12-15,23H,10-11H2,1-2H3. The molecule has 1 aromatic heterocycles. The molecule has 2 aromatic carbocycles. The average molecular weight is 366 g/mol. The second-order valence-corrected chi connectivity index (χ2v) is 8.06. The van der Waals surface area contributed by atoms with Crippen LogP contribution in [0.25, 0.3) is 0 Å². The third-order valence-electron chi connectivity index (χ3n) is 4.36. The van der Waals surface area contributed by atoms with E-state index in [1.165, 1.54) is 0 Å². The maximum Gasteiger partial charge on any atom is 0.261 e. The van der Waals surface area contributed by atoms with E-state index in [0.717, 1.165) is 35.2 Å². The number of aryl methyl sites for hydroxylation is 4. The molecule has 0 saturated heterocycles. The molecular weight excluding hydrogens is 344 g/mol. The summed E-state index contributed by atoms with van der Waals surface area (Å²) in [4.78, 5) is 4.60. The number of rotatable bonds is 6. The minimum atomic E-state index is -3.60. The summed E-state index contributed by atoms with van der Waals surface area (Å²) in [6.45, 7) is 3.87. The van der Waals surface area contributed by atoms with Crippen LogP contribution in [0.15, 0.2) is 71.8 Å². The van der Waals surface area contributed by atoms with Gasteiger partial charge in [-0.25, -0.2) is 8.42 Å². The van der Waals surface area contributed by atoms with Crippen LogP contribution in [-0.2, 0) is 22.9 Å². The second-order valence-electron chi connectivity index (χ2n) is 6.37. The smallest absolute Gasteiger partial charge is 0.261 e. The minimum Gasteiger partial charge on any atom is -0.280 e. The molecule has 0 amide bonds. The first-order valence-electron chi connectivity index (χ1n) is 8.53. The fourth-order valence-electron chi connectivity index (χ4n) is 2.70. The quantitative estimate of drug-likeness (QED) is 0.708. The van der Waals surface area contributed by atoms with Crippen molar-refractivity contribution in [2.45, 2.75) is 31.6 Å². The van der Waals surface area contributed by atoms with E-state index in [9.17, 15) is 8.42 Å². The van der Waals surface area contributed by atoms with Crippen LogP contribution in [0.1, 0.15) is 22.4 Å². The largest absolute Gasteiger partial charge is 0.280 e. The topological polar surface area (TPSA) is 59.1 Å². The zero-order valence-electron chi connectivity index (χ0n) is 14.9. The third kappa shape index (κ3) is 4.49. The Morgan fingerprint density at radius 3 is 2.46 bits per heavy atom. The first-order chi connectivity index (χ1) is 12.4. The lowest BCUT2D eigenvalue weighted by Crippen LogP contribution is -2.13. The van der Waals surface area contributed by atoms with Gasteiger partial charge in [-0.1, -0.05) is 24.3 Å². The summed E-state index contributed by atoms with van der Waals surface area (Å²) in [7, 11) is -3.60. The van der Waals surface area contributed by atoms with Gasteiger partial charge in [-0.2, -0.15) is 0 Å². The molecule has 3 rings (SSSR count). The zero-order valence-corrected chi connectivity index (χ0v) is 15.8. The second kappa shape index (κ2) is 7.70. The van der Waals surface area contributed by atoms with Gasteiger partial charge >= 0.3 is 0 Å². The molecule has 5 heteroatoms. The predicted molar refractivity (Wildman–Crippen MR) is 105 cm³/mol. The number of nitrogens with zero attached hydrogens (tertiary/aromatic N) is 1. The van der Waals surface area contributed by atoms with Gasteiger partial charge in [-0.05, 0) is 79.8 Å². The van der Waals surface area contributed by atoms with Gasteiger partial charge < -0.3 is 0 Å². The van der Waals surface area contributed by atoms with Crippen molar-refractivity contribution in [1.82, 2.24) is 4.98 Å². The maximum atomic E-state index is 12.6. The summed E-state index contributed by atoms with van der Waals surface area (Å²) in [5.74, 6) is 0. The number of benzene rings is 2. The van der Waals surface area contributed by atoms with Gasteiger partial charge in [0.05, 0.1) is 4.90 Å². The highest BCUT2D eigenvalue weighted by atomic mass is 32.2. The lowest BCUT2D eigenvalue weighted by atomic mass is 10.1. The third-order valence-corrected chi connectivity index (χ3v) is 5.74. The van der Waals surface area contributed by atoms with Crippen LogP contribution in [-0.4, -0.2) is 13.4 Å². The van der Waals surface area contributed by atoms with Crippen molar-refractivity contribution in [2.75, 3.05) is 4.72 Å². The molecule has 4 nitrogen and oxygen atoms in total. The number of aromatic nitrogens is 1. The van der Waals surface area contributed by atoms with E-state index in [2.05, 4.69) is 9.71 Å². The number of pyridine rings is 1. The Kier molecular flexibility index (Phi) is 5.38. The van der Waals surface area contributed by atoms with Crippen LogP contribution >= 0.6 is 0 Å². The summed E-state index contributed by atoms with van der Waals surface area (Å²) in [5, 5.41) is 0. The van der Waals surface area contributed by atoms with Gasteiger partial charge in [0, 0.05) is 17.6 Å². The van der Waals surface area contributed by atoms with Crippen molar-refractivity contribution in [3.63, 3.8) is 0 Å². The van der Waals surface area contributed by atoms with Crippen LogP contribution in [0.4, 0.5) is 5.69 Å². The Labute approximate surface area is 155 Å². The van der Waals surface area contributed by atoms with Crippen LogP contribution in [0.5, 0.6) is 0 Å². The Balaban J connectivity index is 1.74. The van der Waals surface area contributed by atoms with Crippen LogP contribution in [0.2, 0.25) is 0 Å². The number of hydrogen-bond donors (Lipinski definition) is 1. The molecule has 0 spiro atoms. The van der Waals surface area contributed by atoms with Crippen LogP contribution in [0.3, 0.4) is 0 Å². The summed E-state index contributed by atoms with van der Waals surface area (Å²) in [6.07, 6.45) is 3.40. The number of hydrogen-bond acceptors (Lipinski definition) is 3. The maximum absolute atomic E-state index is 12.6. The average Bonchev–Trinajstić information content (AvgIpc) is 2.63. The van der Waals surface area contributed by atoms with E-state index in [1.54, 1.807) is 24.4 Å². The molecule has 0 radical (unpaired) electrons. The van der Waals surface area contributed by atoms with E-state index in [1.807, 2.05) is 56.3 Å². The normalized spacial score (nSPS) is 11.3. The molecule has 26 heavy (non-hydrogen) atoms. The fourth-order valence-corrected chi connectivity index (χ4v) is 3.84. The van der Waals surface area contributed by atoms with Crippen molar-refractivity contribution in [1.29, 1.82) is 0 Å².